The summed E-state index contributed by atoms with van der Waals surface area (Å²) >= 11 is 0. The molecule has 2 N–H and O–H groups in total. The number of anilines is 2. The number of nitrogens with zero attached hydrogens (tertiary/aromatic N) is 2. The lowest BCUT2D eigenvalue weighted by atomic mass is 10.1. The molecule has 0 aliphatic carbocycles. The number of hydrogen-bond acceptors (Lipinski definition) is 3. The van der Waals surface area contributed by atoms with E-state index in [1.54, 1.807) is 0 Å². The van der Waals surface area contributed by atoms with E-state index >= 15 is 0 Å². The molecular formula is C19H24N4O2. The summed E-state index contributed by atoms with van der Waals surface area (Å²) in [5.41, 5.74) is 4.89. The van der Waals surface area contributed by atoms with Crippen LogP contribution < -0.4 is 10.6 Å². The van der Waals surface area contributed by atoms with Gasteiger partial charge < -0.3 is 10.6 Å². The minimum atomic E-state index is -0.144. The molecule has 1 aromatic carbocycles. The van der Waals surface area contributed by atoms with E-state index in [1.165, 1.54) is 0 Å². The first-order chi connectivity index (χ1) is 12.0. The second-order valence-corrected chi connectivity index (χ2v) is 6.50. The highest BCUT2D eigenvalue weighted by Gasteiger charge is 2.19. The molecule has 2 amide bonds. The molecule has 0 saturated heterocycles. The van der Waals surface area contributed by atoms with Gasteiger partial charge in [-0.1, -0.05) is 6.92 Å². The molecule has 0 unspecified atom stereocenters. The predicted octanol–water partition coefficient (Wildman–Crippen LogP) is 3.44. The molecule has 3 rings (SSSR count). The number of hydrogen-bond donors (Lipinski definition) is 2. The molecule has 1 aromatic heterocycles. The number of rotatable bonds is 4. The van der Waals surface area contributed by atoms with Crippen molar-refractivity contribution in [2.75, 3.05) is 10.6 Å². The van der Waals surface area contributed by atoms with Crippen molar-refractivity contribution in [2.45, 2.75) is 53.0 Å². The van der Waals surface area contributed by atoms with Gasteiger partial charge in [-0.2, -0.15) is 5.10 Å². The second-order valence-electron chi connectivity index (χ2n) is 6.50. The van der Waals surface area contributed by atoms with Crippen LogP contribution in [0.3, 0.4) is 0 Å². The van der Waals surface area contributed by atoms with Gasteiger partial charge in [-0.05, 0) is 56.9 Å². The normalized spacial score (nSPS) is 13.8. The van der Waals surface area contributed by atoms with E-state index in [0.717, 1.165) is 54.1 Å². The summed E-state index contributed by atoms with van der Waals surface area (Å²) in [4.78, 5) is 24.4. The molecule has 0 radical (unpaired) electrons. The van der Waals surface area contributed by atoms with Gasteiger partial charge in [0.05, 0.1) is 11.3 Å². The van der Waals surface area contributed by atoms with Crippen LogP contribution in [0.2, 0.25) is 0 Å². The summed E-state index contributed by atoms with van der Waals surface area (Å²) in [6, 6.07) is 5.62. The van der Waals surface area contributed by atoms with Gasteiger partial charge in [0.1, 0.15) is 0 Å². The molecule has 2 aromatic rings. The zero-order valence-corrected chi connectivity index (χ0v) is 15.0. The summed E-state index contributed by atoms with van der Waals surface area (Å²) in [6.45, 7) is 6.68. The standard InChI is InChI=1S/C19H24N4O2/c1-4-10-23-13(3)18(12(2)22-23)19(25)20-15-8-9-16-14(11-15)6-5-7-17(24)21-16/h8-9,11H,4-7,10H2,1-3H3,(H,20,25)(H,21,24). The van der Waals surface area contributed by atoms with Gasteiger partial charge in [0.25, 0.3) is 5.91 Å². The van der Waals surface area contributed by atoms with Crippen molar-refractivity contribution in [3.63, 3.8) is 0 Å². The van der Waals surface area contributed by atoms with E-state index in [0.29, 0.717) is 12.0 Å². The van der Waals surface area contributed by atoms with Crippen LogP contribution in [-0.4, -0.2) is 21.6 Å². The topological polar surface area (TPSA) is 76.0 Å². The third-order valence-electron chi connectivity index (χ3n) is 4.53. The molecule has 1 aliphatic rings. The molecule has 25 heavy (non-hydrogen) atoms. The van der Waals surface area contributed by atoms with Crippen LogP contribution in [0.1, 0.15) is 53.5 Å². The minimum Gasteiger partial charge on any atom is -0.326 e. The van der Waals surface area contributed by atoms with Crippen LogP contribution in [0.25, 0.3) is 0 Å². The van der Waals surface area contributed by atoms with Gasteiger partial charge in [-0.15, -0.1) is 0 Å². The summed E-state index contributed by atoms with van der Waals surface area (Å²) in [7, 11) is 0. The Morgan fingerprint density at radius 1 is 1.32 bits per heavy atom. The molecule has 132 valence electrons. The predicted molar refractivity (Wildman–Crippen MR) is 98.0 cm³/mol. The van der Waals surface area contributed by atoms with E-state index in [4.69, 9.17) is 0 Å². The van der Waals surface area contributed by atoms with Crippen LogP contribution >= 0.6 is 0 Å². The van der Waals surface area contributed by atoms with Gasteiger partial charge in [0.2, 0.25) is 5.91 Å². The zero-order valence-electron chi connectivity index (χ0n) is 15.0. The third kappa shape index (κ3) is 3.57. The lowest BCUT2D eigenvalue weighted by Gasteiger charge is -2.11. The Morgan fingerprint density at radius 3 is 2.88 bits per heavy atom. The van der Waals surface area contributed by atoms with Crippen molar-refractivity contribution in [2.24, 2.45) is 0 Å². The maximum Gasteiger partial charge on any atom is 0.259 e. The van der Waals surface area contributed by atoms with E-state index in [2.05, 4.69) is 22.7 Å². The van der Waals surface area contributed by atoms with E-state index < -0.39 is 0 Å². The number of carbonyl (C=O) groups excluding carboxylic acids is 2. The fraction of sp³-hybridized carbons (Fsp3) is 0.421. The molecule has 0 saturated carbocycles. The summed E-state index contributed by atoms with van der Waals surface area (Å²) < 4.78 is 1.89. The first-order valence-corrected chi connectivity index (χ1v) is 8.77. The SMILES string of the molecule is CCCn1nc(C)c(C(=O)Nc2ccc3c(c2)CCCC(=O)N3)c1C. The molecule has 0 atom stereocenters. The van der Waals surface area contributed by atoms with Gasteiger partial charge in [0, 0.05) is 30.0 Å². The molecule has 2 heterocycles. The minimum absolute atomic E-state index is 0.0464. The molecule has 6 heteroatoms. The Kier molecular flexibility index (Phi) is 4.88. The smallest absolute Gasteiger partial charge is 0.259 e. The number of benzene rings is 1. The Bertz CT molecular complexity index is 823. The molecule has 6 nitrogen and oxygen atoms in total. The average Bonchev–Trinajstić information content (AvgIpc) is 2.72. The van der Waals surface area contributed by atoms with E-state index in [1.807, 2.05) is 36.7 Å². The van der Waals surface area contributed by atoms with Crippen molar-refractivity contribution < 1.29 is 9.59 Å². The van der Waals surface area contributed by atoms with Crippen molar-refractivity contribution in [3.05, 3.63) is 40.7 Å². The Hall–Kier alpha value is -2.63. The Labute approximate surface area is 147 Å². The molecule has 0 bridgehead atoms. The van der Waals surface area contributed by atoms with E-state index in [-0.39, 0.29) is 11.8 Å². The van der Waals surface area contributed by atoms with Gasteiger partial charge in [-0.3, -0.25) is 14.3 Å². The highest BCUT2D eigenvalue weighted by atomic mass is 16.2. The molecular weight excluding hydrogens is 316 g/mol. The number of amides is 2. The van der Waals surface area contributed by atoms with Crippen LogP contribution in [0.5, 0.6) is 0 Å². The van der Waals surface area contributed by atoms with Crippen LogP contribution in [0.4, 0.5) is 11.4 Å². The maximum atomic E-state index is 12.7. The number of fused-ring (bicyclic) bond motifs is 1. The van der Waals surface area contributed by atoms with Crippen molar-refractivity contribution in [3.8, 4) is 0 Å². The van der Waals surface area contributed by atoms with E-state index in [9.17, 15) is 9.59 Å². The Morgan fingerprint density at radius 2 is 2.12 bits per heavy atom. The fourth-order valence-corrected chi connectivity index (χ4v) is 3.30. The highest BCUT2D eigenvalue weighted by Crippen LogP contribution is 2.26. The zero-order chi connectivity index (χ0) is 18.0. The number of aromatic nitrogens is 2. The van der Waals surface area contributed by atoms with Crippen molar-refractivity contribution in [1.29, 1.82) is 0 Å². The Balaban J connectivity index is 1.82. The molecule has 0 spiro atoms. The largest absolute Gasteiger partial charge is 0.326 e. The van der Waals surface area contributed by atoms with Gasteiger partial charge >= 0.3 is 0 Å². The summed E-state index contributed by atoms with van der Waals surface area (Å²) in [5.74, 6) is -0.0971. The molecule has 0 fully saturated rings. The van der Waals surface area contributed by atoms with Gasteiger partial charge in [0.15, 0.2) is 0 Å². The second kappa shape index (κ2) is 7.09. The maximum absolute atomic E-state index is 12.7. The molecule has 1 aliphatic heterocycles. The van der Waals surface area contributed by atoms with Crippen LogP contribution in [-0.2, 0) is 17.8 Å². The van der Waals surface area contributed by atoms with Crippen LogP contribution in [0, 0.1) is 13.8 Å². The van der Waals surface area contributed by atoms with Gasteiger partial charge in [-0.25, -0.2) is 0 Å². The number of nitrogens with one attached hydrogen (secondary N) is 2. The number of aryl methyl sites for hydroxylation is 3. The quantitative estimate of drug-likeness (QED) is 0.895. The summed E-state index contributed by atoms with van der Waals surface area (Å²) in [6.07, 6.45) is 3.15. The average molecular weight is 340 g/mol. The first kappa shape index (κ1) is 17.2. The lowest BCUT2D eigenvalue weighted by Crippen LogP contribution is -2.15. The monoisotopic (exact) mass is 340 g/mol. The van der Waals surface area contributed by atoms with Crippen molar-refractivity contribution >= 4 is 23.2 Å². The number of carbonyl (C=O) groups is 2. The first-order valence-electron chi connectivity index (χ1n) is 8.77. The lowest BCUT2D eigenvalue weighted by molar-refractivity contribution is -0.116. The summed E-state index contributed by atoms with van der Waals surface area (Å²) in [5, 5.41) is 10.3. The van der Waals surface area contributed by atoms with Crippen molar-refractivity contribution in [1.82, 2.24) is 9.78 Å². The van der Waals surface area contributed by atoms with Crippen LogP contribution in [0.15, 0.2) is 18.2 Å². The fourth-order valence-electron chi connectivity index (χ4n) is 3.30. The third-order valence-corrected chi connectivity index (χ3v) is 4.53. The highest BCUT2D eigenvalue weighted by molar-refractivity contribution is 6.06.